The van der Waals surface area contributed by atoms with Crippen LogP contribution in [-0.2, 0) is 86.6 Å². The number of anilines is 12. The molecule has 24 rings (SSSR count). The molecule has 0 saturated carbocycles. The van der Waals surface area contributed by atoms with E-state index in [-0.39, 0.29) is 100 Å². The van der Waals surface area contributed by atoms with Gasteiger partial charge in [0.2, 0.25) is 0 Å². The van der Waals surface area contributed by atoms with Gasteiger partial charge in [0.1, 0.15) is 11.2 Å². The SMILES string of the molecule is Cc1cc2c3c(c1)N(c1ccc4c(c1)C(C)(C)CCC4(C)C)c1c(oc4cc5c(cc14)C(C)(C)CCC5(C)CC1CC(C)(C)c4ccc(N5c6cccc7c6B(c6cc8c(cc6N7c6ccc7c(c6)C(C)(C)CCC7(C)C)C(C)(C)CCC8(C)C)c6oc7cc8c(cc7c65)C(C)(C)CCC8(C)C)cc4C1(C)C)B3c1cc3c(cc1N2c1ccc2c(c1)C(C)(C)CCC2(C)C)C(C)(C)CCC3(C)C. The third kappa shape index (κ3) is 12.7. The fraction of sp³-hybridized carbons (Fsp3) is 0.504. The molecular formula is C129H154B2N4O2. The topological polar surface area (TPSA) is 39.2 Å². The summed E-state index contributed by atoms with van der Waals surface area (Å²) in [5.41, 5.74) is 48.7. The summed E-state index contributed by atoms with van der Waals surface area (Å²) in [6.07, 6.45) is 18.1. The molecule has 6 heterocycles. The van der Waals surface area contributed by atoms with Gasteiger partial charge in [-0.15, -0.1) is 0 Å². The highest BCUT2D eigenvalue weighted by atomic mass is 16.3. The first-order valence-corrected chi connectivity index (χ1v) is 53.5. The lowest BCUT2D eigenvalue weighted by Crippen LogP contribution is -2.61. The Bertz CT molecular complexity index is 7300. The monoisotopic (exact) mass is 1810 g/mol. The number of rotatable bonds is 6. The first-order valence-electron chi connectivity index (χ1n) is 53.5. The predicted molar refractivity (Wildman–Crippen MR) is 585 cm³/mol. The van der Waals surface area contributed by atoms with Crippen molar-refractivity contribution in [3.05, 3.63) is 246 Å². The Morgan fingerprint density at radius 3 is 0.927 bits per heavy atom. The summed E-state index contributed by atoms with van der Waals surface area (Å²) in [7, 11) is 0. The number of furan rings is 2. The molecule has 12 aliphatic rings. The van der Waals surface area contributed by atoms with Crippen molar-refractivity contribution < 1.29 is 8.83 Å². The highest BCUT2D eigenvalue weighted by Gasteiger charge is 2.57. The minimum Gasteiger partial charge on any atom is -0.468 e. The number of aryl methyl sites for hydroxylation is 1. The van der Waals surface area contributed by atoms with E-state index in [1.54, 1.807) is 0 Å². The van der Waals surface area contributed by atoms with E-state index < -0.39 is 0 Å². The molecule has 0 N–H and O–H groups in total. The average Bonchev–Trinajstić information content (AvgIpc) is 1.61. The van der Waals surface area contributed by atoms with E-state index in [4.69, 9.17) is 8.83 Å². The van der Waals surface area contributed by atoms with Crippen molar-refractivity contribution in [2.45, 2.75) is 411 Å². The predicted octanol–water partition coefficient (Wildman–Crippen LogP) is 31.7. The van der Waals surface area contributed by atoms with Crippen LogP contribution in [0.15, 0.2) is 160 Å². The van der Waals surface area contributed by atoms with Gasteiger partial charge >= 0.3 is 0 Å². The Kier molecular flexibility index (Phi) is 18.4. The molecule has 8 aliphatic carbocycles. The van der Waals surface area contributed by atoms with E-state index in [9.17, 15) is 0 Å². The van der Waals surface area contributed by atoms with Crippen molar-refractivity contribution >= 4 is 137 Å². The van der Waals surface area contributed by atoms with Crippen molar-refractivity contribution in [2.24, 2.45) is 5.92 Å². The van der Waals surface area contributed by atoms with E-state index in [1.807, 2.05) is 0 Å². The number of hydrogen-bond acceptors (Lipinski definition) is 6. The van der Waals surface area contributed by atoms with Crippen LogP contribution in [0.4, 0.5) is 68.2 Å². The Morgan fingerprint density at radius 2 is 0.533 bits per heavy atom. The maximum Gasteiger partial charge on any atom is 0.297 e. The summed E-state index contributed by atoms with van der Waals surface area (Å²) in [5, 5.41) is 2.45. The second-order valence-corrected chi connectivity index (χ2v) is 56.6. The molecule has 4 aliphatic heterocycles. The molecule has 2 unspecified atom stereocenters. The molecule has 0 spiro atoms. The molecule has 6 nitrogen and oxygen atoms in total. The first-order chi connectivity index (χ1) is 63.8. The molecule has 0 bridgehead atoms. The number of fused-ring (bicyclic) bond motifs is 20. The lowest BCUT2D eigenvalue weighted by Gasteiger charge is -2.52. The molecule has 137 heavy (non-hydrogen) atoms. The molecule has 0 radical (unpaired) electrons. The smallest absolute Gasteiger partial charge is 0.297 e. The molecule has 10 aromatic carbocycles. The van der Waals surface area contributed by atoms with Crippen LogP contribution in [0.2, 0.25) is 0 Å². The van der Waals surface area contributed by atoms with Gasteiger partial charge in [-0.1, -0.05) is 257 Å². The lowest BCUT2D eigenvalue weighted by atomic mass is 9.35. The van der Waals surface area contributed by atoms with Gasteiger partial charge in [-0.3, -0.25) is 0 Å². The molecule has 2 aromatic heterocycles. The van der Waals surface area contributed by atoms with Gasteiger partial charge in [-0.25, -0.2) is 0 Å². The third-order valence-electron chi connectivity index (χ3n) is 40.6. The molecule has 0 saturated heterocycles. The average molecular weight is 1810 g/mol. The molecule has 708 valence electrons. The minimum absolute atomic E-state index is 0.0109. The fourth-order valence-electron chi connectivity index (χ4n) is 30.5. The fourth-order valence-corrected chi connectivity index (χ4v) is 30.5. The Labute approximate surface area is 822 Å². The molecule has 0 amide bonds. The quantitative estimate of drug-likeness (QED) is 0.155. The lowest BCUT2D eigenvalue weighted by molar-refractivity contribution is 0.152. The minimum atomic E-state index is -0.253. The van der Waals surface area contributed by atoms with Crippen molar-refractivity contribution in [1.29, 1.82) is 0 Å². The van der Waals surface area contributed by atoms with Crippen LogP contribution in [0.1, 0.15) is 412 Å². The maximum absolute atomic E-state index is 8.36. The van der Waals surface area contributed by atoms with E-state index in [0.29, 0.717) is 5.92 Å². The zero-order valence-electron chi connectivity index (χ0n) is 89.6. The Balaban J connectivity index is 0.687. The van der Waals surface area contributed by atoms with Crippen LogP contribution in [0, 0.1) is 12.8 Å². The Morgan fingerprint density at radius 1 is 0.255 bits per heavy atom. The van der Waals surface area contributed by atoms with E-state index in [2.05, 4.69) is 393 Å². The van der Waals surface area contributed by atoms with E-state index >= 15 is 0 Å². The van der Waals surface area contributed by atoms with E-state index in [0.717, 1.165) is 112 Å². The number of hydrogen-bond donors (Lipinski definition) is 0. The second-order valence-electron chi connectivity index (χ2n) is 56.6. The largest absolute Gasteiger partial charge is 0.468 e. The highest BCUT2D eigenvalue weighted by Crippen LogP contribution is 2.64. The molecule has 2 atom stereocenters. The number of nitrogens with zero attached hydrogens (tertiary/aromatic N) is 4. The maximum atomic E-state index is 8.36. The van der Waals surface area contributed by atoms with E-state index in [1.165, 1.54) is 208 Å². The molecular weight excluding hydrogens is 1660 g/mol. The standard InChI is InChI=1S/C129H154B2N4O2/c1-74-58-104-109-105(59-74)135(78-38-42-84-88(62-78)119(12,13)49-46-116(84,6)7)111-81-65-90-97(71-107(81)137-113(111)131(109)99-67-92-94(124(22,23)54-52-122(92,18)19)69-103(99)133(104)77-37-41-83-87(61-77)118(10,11)48-45-115(83,4)5)129(32,57-56-126(90,26)27)73-75-72-127(28,29)85-43-39-79(63-96(85)128(75,30)31)134-101-35-33-34-100-108(101)130(112-110(134)80-64-89-95(70-106(80)136-112)125(24,25)55-50-120(89,14)15)98-66-91-93(123(20,21)53-51-121(91,16)17)68-102(98)132(100)76-36-40-82-86(60-76)117(8,9)47-44-114(82,2)3/h33-43,58-71,75H,44-57,72-73H2,1-32H3. The van der Waals surface area contributed by atoms with Crippen LogP contribution in [0.5, 0.6) is 0 Å². The van der Waals surface area contributed by atoms with Gasteiger partial charge in [0.15, 0.2) is 0 Å². The van der Waals surface area contributed by atoms with Crippen LogP contribution in [0.25, 0.3) is 21.9 Å². The van der Waals surface area contributed by atoms with Crippen molar-refractivity contribution in [3.63, 3.8) is 0 Å². The zero-order valence-corrected chi connectivity index (χ0v) is 89.6. The van der Waals surface area contributed by atoms with Crippen molar-refractivity contribution in [1.82, 2.24) is 0 Å². The van der Waals surface area contributed by atoms with Gasteiger partial charge in [-0.2, -0.15) is 0 Å². The normalized spacial score (nSPS) is 24.4. The van der Waals surface area contributed by atoms with Gasteiger partial charge in [0.25, 0.3) is 13.4 Å². The first kappa shape index (κ1) is 90.2. The molecule has 0 fully saturated rings. The number of benzene rings is 10. The summed E-state index contributed by atoms with van der Waals surface area (Å²) in [5.74, 6) is 0.314. The van der Waals surface area contributed by atoms with Crippen LogP contribution in [-0.4, -0.2) is 13.4 Å². The second kappa shape index (κ2) is 27.9. The highest BCUT2D eigenvalue weighted by molar-refractivity contribution is 7.00. The van der Waals surface area contributed by atoms with Crippen LogP contribution in [0.3, 0.4) is 0 Å². The third-order valence-corrected chi connectivity index (χ3v) is 40.6. The summed E-state index contributed by atoms with van der Waals surface area (Å²) >= 11 is 0. The summed E-state index contributed by atoms with van der Waals surface area (Å²) in [4.78, 5) is 10.9. The van der Waals surface area contributed by atoms with Crippen LogP contribution >= 0.6 is 0 Å². The van der Waals surface area contributed by atoms with Gasteiger partial charge in [0.05, 0.1) is 22.7 Å². The van der Waals surface area contributed by atoms with Gasteiger partial charge < -0.3 is 28.4 Å². The van der Waals surface area contributed by atoms with Crippen molar-refractivity contribution in [3.8, 4) is 0 Å². The van der Waals surface area contributed by atoms with Gasteiger partial charge in [-0.05, 0) is 428 Å². The summed E-state index contributed by atoms with van der Waals surface area (Å²) in [6.45, 7) is 80.4. The van der Waals surface area contributed by atoms with Crippen molar-refractivity contribution in [2.75, 3.05) is 19.6 Å². The molecule has 12 aromatic rings. The van der Waals surface area contributed by atoms with Gasteiger partial charge in [0, 0.05) is 67.6 Å². The summed E-state index contributed by atoms with van der Waals surface area (Å²) < 4.78 is 16.4. The van der Waals surface area contributed by atoms with Crippen LogP contribution < -0.4 is 52.8 Å². The zero-order chi connectivity index (χ0) is 97.0. The summed E-state index contributed by atoms with van der Waals surface area (Å²) in [6, 6.07) is 64.6. The Hall–Kier alpha value is -9.39. The molecule has 8 heteroatoms.